The van der Waals surface area contributed by atoms with E-state index in [9.17, 15) is 13.2 Å². The molecule has 1 aromatic rings. The van der Waals surface area contributed by atoms with Crippen LogP contribution in [0.15, 0.2) is 29.2 Å². The molecule has 0 radical (unpaired) electrons. The lowest BCUT2D eigenvalue weighted by Gasteiger charge is -2.15. The second kappa shape index (κ2) is 8.29. The van der Waals surface area contributed by atoms with Crippen molar-refractivity contribution in [1.82, 2.24) is 14.9 Å². The van der Waals surface area contributed by atoms with E-state index in [1.165, 1.54) is 0 Å². The van der Waals surface area contributed by atoms with E-state index in [0.717, 1.165) is 44.3 Å². The van der Waals surface area contributed by atoms with Gasteiger partial charge in [0.05, 0.1) is 4.90 Å². The van der Waals surface area contributed by atoms with Crippen LogP contribution < -0.4 is 10.6 Å². The Morgan fingerprint density at radius 2 is 1.92 bits per heavy atom. The minimum absolute atomic E-state index is 0.0562. The zero-order valence-corrected chi connectivity index (χ0v) is 15.4. The van der Waals surface area contributed by atoms with Crippen LogP contribution in [0.25, 0.3) is 0 Å². The number of nitrogens with zero attached hydrogens (tertiary/aromatic N) is 1. The van der Waals surface area contributed by atoms with Gasteiger partial charge in [0.2, 0.25) is 15.9 Å². The summed E-state index contributed by atoms with van der Waals surface area (Å²) in [6, 6.07) is 6.84. The number of amides is 1. The van der Waals surface area contributed by atoms with E-state index in [0.29, 0.717) is 36.9 Å². The van der Waals surface area contributed by atoms with E-state index in [1.54, 1.807) is 28.6 Å². The predicted molar refractivity (Wildman–Crippen MR) is 96.5 cm³/mol. The average Bonchev–Trinajstić information content (AvgIpc) is 3.32. The normalized spacial score (nSPS) is 21.5. The smallest absolute Gasteiger partial charge is 0.243 e. The summed E-state index contributed by atoms with van der Waals surface area (Å²) in [4.78, 5) is 12.3. The first-order valence-electron chi connectivity index (χ1n) is 9.12. The van der Waals surface area contributed by atoms with Gasteiger partial charge in [-0.1, -0.05) is 12.1 Å². The van der Waals surface area contributed by atoms with Crippen LogP contribution in [0.4, 0.5) is 0 Å². The topological polar surface area (TPSA) is 78.5 Å². The average molecular weight is 365 g/mol. The predicted octanol–water partition coefficient (Wildman–Crippen LogP) is 1.48. The third-order valence-corrected chi connectivity index (χ3v) is 6.97. The van der Waals surface area contributed by atoms with Crippen LogP contribution in [0.5, 0.6) is 0 Å². The Hall–Kier alpha value is -1.44. The van der Waals surface area contributed by atoms with Gasteiger partial charge in [-0.15, -0.1) is 0 Å². The molecule has 138 valence electrons. The van der Waals surface area contributed by atoms with Crippen LogP contribution in [-0.4, -0.2) is 44.8 Å². The molecule has 1 atom stereocenters. The fourth-order valence-corrected chi connectivity index (χ4v) is 4.96. The van der Waals surface area contributed by atoms with Crippen LogP contribution in [0.1, 0.15) is 37.7 Å². The molecule has 1 amide bonds. The van der Waals surface area contributed by atoms with Gasteiger partial charge >= 0.3 is 0 Å². The Morgan fingerprint density at radius 1 is 1.20 bits per heavy atom. The van der Waals surface area contributed by atoms with Crippen molar-refractivity contribution >= 4 is 15.9 Å². The molecule has 2 fully saturated rings. The van der Waals surface area contributed by atoms with E-state index in [4.69, 9.17) is 0 Å². The molecule has 6 nitrogen and oxygen atoms in total. The number of sulfonamides is 1. The summed E-state index contributed by atoms with van der Waals surface area (Å²) in [5.41, 5.74) is 0.913. The van der Waals surface area contributed by atoms with Gasteiger partial charge in [-0.05, 0) is 62.4 Å². The summed E-state index contributed by atoms with van der Waals surface area (Å²) >= 11 is 0. The van der Waals surface area contributed by atoms with Crippen molar-refractivity contribution in [1.29, 1.82) is 0 Å². The molecule has 3 rings (SSSR count). The van der Waals surface area contributed by atoms with Gasteiger partial charge in [-0.25, -0.2) is 8.42 Å². The zero-order valence-electron chi connectivity index (χ0n) is 14.5. The van der Waals surface area contributed by atoms with Gasteiger partial charge in [0.1, 0.15) is 0 Å². The maximum atomic E-state index is 12.5. The van der Waals surface area contributed by atoms with Gasteiger partial charge in [0, 0.05) is 26.1 Å². The first-order valence-corrected chi connectivity index (χ1v) is 10.6. The third-order valence-electron chi connectivity index (χ3n) is 5.06. The lowest BCUT2D eigenvalue weighted by atomic mass is 10.0. The molecule has 2 N–H and O–H groups in total. The molecule has 0 aromatic heterocycles. The zero-order chi connectivity index (χ0) is 17.7. The maximum absolute atomic E-state index is 12.5. The van der Waals surface area contributed by atoms with Crippen molar-refractivity contribution in [2.24, 2.45) is 5.92 Å². The SMILES string of the molecule is O=C(CCC1CCNC1)NCc1ccc(S(=O)(=O)N2CCCC2)cc1. The number of rotatable bonds is 7. The first kappa shape index (κ1) is 18.4. The summed E-state index contributed by atoms with van der Waals surface area (Å²) in [5.74, 6) is 0.668. The highest BCUT2D eigenvalue weighted by Gasteiger charge is 2.26. The van der Waals surface area contributed by atoms with Crippen molar-refractivity contribution in [2.45, 2.75) is 43.5 Å². The quantitative estimate of drug-likeness (QED) is 0.767. The number of benzene rings is 1. The molecule has 1 unspecified atom stereocenters. The maximum Gasteiger partial charge on any atom is 0.243 e. The van der Waals surface area contributed by atoms with E-state index >= 15 is 0 Å². The standard InChI is InChI=1S/C18H27N3O3S/c22-18(8-5-16-9-10-19-13-16)20-14-15-3-6-17(7-4-15)25(23,24)21-11-1-2-12-21/h3-4,6-7,16,19H,1-2,5,8-14H2,(H,20,22). The molecule has 25 heavy (non-hydrogen) atoms. The Kier molecular flexibility index (Phi) is 6.09. The minimum Gasteiger partial charge on any atom is -0.352 e. The van der Waals surface area contributed by atoms with Gasteiger partial charge in [-0.2, -0.15) is 4.31 Å². The highest BCUT2D eigenvalue weighted by atomic mass is 32.2. The molecule has 0 saturated carbocycles. The Labute approximate surface area is 150 Å². The molecular weight excluding hydrogens is 338 g/mol. The van der Waals surface area contributed by atoms with E-state index < -0.39 is 10.0 Å². The number of hydrogen-bond donors (Lipinski definition) is 2. The summed E-state index contributed by atoms with van der Waals surface area (Å²) < 4.78 is 26.5. The van der Waals surface area contributed by atoms with Crippen molar-refractivity contribution in [3.8, 4) is 0 Å². The molecule has 2 heterocycles. The molecular formula is C18H27N3O3S. The van der Waals surface area contributed by atoms with E-state index in [2.05, 4.69) is 10.6 Å². The Balaban J connectivity index is 1.48. The monoisotopic (exact) mass is 365 g/mol. The Morgan fingerprint density at radius 3 is 2.56 bits per heavy atom. The van der Waals surface area contributed by atoms with E-state index in [-0.39, 0.29) is 5.91 Å². The second-order valence-corrected chi connectivity index (χ2v) is 8.87. The molecule has 1 aromatic carbocycles. The largest absolute Gasteiger partial charge is 0.352 e. The van der Waals surface area contributed by atoms with Gasteiger partial charge in [-0.3, -0.25) is 4.79 Å². The number of hydrogen-bond acceptors (Lipinski definition) is 4. The number of nitrogens with one attached hydrogen (secondary N) is 2. The summed E-state index contributed by atoms with van der Waals surface area (Å²) in [5, 5.41) is 6.22. The van der Waals surface area contributed by atoms with E-state index in [1.807, 2.05) is 0 Å². The molecule has 2 aliphatic heterocycles. The third kappa shape index (κ3) is 4.80. The fourth-order valence-electron chi connectivity index (χ4n) is 3.44. The van der Waals surface area contributed by atoms with Crippen LogP contribution in [-0.2, 0) is 21.4 Å². The van der Waals surface area contributed by atoms with Gasteiger partial charge in [0.15, 0.2) is 0 Å². The highest BCUT2D eigenvalue weighted by Crippen LogP contribution is 2.21. The first-order chi connectivity index (χ1) is 12.1. The van der Waals surface area contributed by atoms with Crippen LogP contribution in [0, 0.1) is 5.92 Å². The van der Waals surface area contributed by atoms with Crippen LogP contribution in [0.2, 0.25) is 0 Å². The molecule has 0 bridgehead atoms. The lowest BCUT2D eigenvalue weighted by Crippen LogP contribution is -2.28. The van der Waals surface area contributed by atoms with Crippen LogP contribution in [0.3, 0.4) is 0 Å². The molecule has 0 aliphatic carbocycles. The molecule has 7 heteroatoms. The lowest BCUT2D eigenvalue weighted by molar-refractivity contribution is -0.121. The molecule has 2 saturated heterocycles. The van der Waals surface area contributed by atoms with Gasteiger partial charge in [0.25, 0.3) is 0 Å². The Bertz CT molecular complexity index is 676. The minimum atomic E-state index is -3.36. The van der Waals surface area contributed by atoms with Crippen molar-refractivity contribution < 1.29 is 13.2 Å². The summed E-state index contributed by atoms with van der Waals surface area (Å²) in [7, 11) is -3.36. The number of carbonyl (C=O) groups excluding carboxylic acids is 1. The second-order valence-electron chi connectivity index (χ2n) is 6.93. The van der Waals surface area contributed by atoms with Crippen LogP contribution >= 0.6 is 0 Å². The molecule has 2 aliphatic rings. The highest BCUT2D eigenvalue weighted by molar-refractivity contribution is 7.89. The summed E-state index contributed by atoms with van der Waals surface area (Å²) in [6.07, 6.45) is 4.49. The van der Waals surface area contributed by atoms with Crippen molar-refractivity contribution in [3.63, 3.8) is 0 Å². The number of carbonyl (C=O) groups is 1. The van der Waals surface area contributed by atoms with Crippen molar-refractivity contribution in [2.75, 3.05) is 26.2 Å². The molecule has 0 spiro atoms. The van der Waals surface area contributed by atoms with Crippen molar-refractivity contribution in [3.05, 3.63) is 29.8 Å². The fraction of sp³-hybridized carbons (Fsp3) is 0.611. The summed E-state index contributed by atoms with van der Waals surface area (Å²) in [6.45, 7) is 3.72. The van der Waals surface area contributed by atoms with Gasteiger partial charge < -0.3 is 10.6 Å².